The summed E-state index contributed by atoms with van der Waals surface area (Å²) < 4.78 is 27.6. The van der Waals surface area contributed by atoms with Gasteiger partial charge in [-0.1, -0.05) is 0 Å². The molecule has 40 heavy (non-hydrogen) atoms. The molecule has 2 amide bonds. The number of amides is 2. The van der Waals surface area contributed by atoms with E-state index in [9.17, 15) is 23.6 Å². The molecule has 2 aromatic heterocycles. The third kappa shape index (κ3) is 8.10. The highest BCUT2D eigenvalue weighted by Crippen LogP contribution is 2.15. The number of aryl methyl sites for hydroxylation is 1. The summed E-state index contributed by atoms with van der Waals surface area (Å²) in [5.41, 5.74) is -1.51. The molecule has 1 aromatic carbocycles. The number of fused-ring (bicyclic) bond motifs is 3. The maximum atomic E-state index is 13.9. The number of H-pyrrole nitrogens is 1. The number of aromatic nitrogens is 4. The Balaban J connectivity index is 1.70. The predicted octanol–water partition coefficient (Wildman–Crippen LogP) is 3.37. The zero-order chi connectivity index (χ0) is 29.8. The normalized spacial score (nSPS) is 12.8. The van der Waals surface area contributed by atoms with Crippen molar-refractivity contribution in [2.75, 3.05) is 6.54 Å². The second-order valence-electron chi connectivity index (χ2n) is 11.3. The molecule has 2 heterocycles. The van der Waals surface area contributed by atoms with E-state index in [-0.39, 0.29) is 41.9 Å². The second kappa shape index (κ2) is 12.1. The molecule has 3 N–H and O–H groups in total. The number of alkyl carbamates (subject to hydrolysis) is 1. The predicted molar refractivity (Wildman–Crippen MR) is 148 cm³/mol. The smallest absolute Gasteiger partial charge is 0.408 e. The number of carbonyl (C=O) groups excluding carboxylic acids is 3. The molecule has 0 aliphatic heterocycles. The molecule has 3 aromatic rings. The van der Waals surface area contributed by atoms with Crippen molar-refractivity contribution in [3.63, 3.8) is 0 Å². The van der Waals surface area contributed by atoms with Gasteiger partial charge in [0.15, 0.2) is 0 Å². The van der Waals surface area contributed by atoms with E-state index in [1.807, 2.05) is 0 Å². The van der Waals surface area contributed by atoms with Crippen molar-refractivity contribution >= 4 is 46.9 Å². The molecule has 3 rings (SSSR count). The fourth-order valence-electron chi connectivity index (χ4n) is 3.94. The minimum absolute atomic E-state index is 0.0121. The molecule has 218 valence electrons. The van der Waals surface area contributed by atoms with E-state index in [2.05, 4.69) is 20.8 Å². The Labute approximate surface area is 235 Å². The fraction of sp³-hybridized carbons (Fsp3) is 0.538. The summed E-state index contributed by atoms with van der Waals surface area (Å²) in [4.78, 5) is 50.6. The maximum Gasteiger partial charge on any atom is 0.408 e. The molecule has 0 aliphatic carbocycles. The van der Waals surface area contributed by atoms with Crippen LogP contribution in [0.4, 0.5) is 9.18 Å². The van der Waals surface area contributed by atoms with Crippen LogP contribution in [0.25, 0.3) is 16.7 Å². The van der Waals surface area contributed by atoms with Crippen LogP contribution in [0.5, 0.6) is 0 Å². The molecular weight excluding hydrogens is 543 g/mol. The lowest BCUT2D eigenvalue weighted by Gasteiger charge is -2.24. The van der Waals surface area contributed by atoms with E-state index in [1.54, 1.807) is 45.9 Å². The van der Waals surface area contributed by atoms with Crippen molar-refractivity contribution in [2.45, 2.75) is 84.6 Å². The number of carbonyl (C=O) groups is 3. The Morgan fingerprint density at radius 3 is 2.45 bits per heavy atom. The van der Waals surface area contributed by atoms with E-state index in [4.69, 9.17) is 21.7 Å². The molecule has 1 atom stereocenters. The van der Waals surface area contributed by atoms with Crippen molar-refractivity contribution in [2.24, 2.45) is 0 Å². The summed E-state index contributed by atoms with van der Waals surface area (Å²) in [5, 5.41) is 12.2. The fourth-order valence-corrected chi connectivity index (χ4v) is 4.17. The summed E-state index contributed by atoms with van der Waals surface area (Å²) in [6, 6.07) is 2.77. The number of hydrogen-bond acceptors (Lipinski definition) is 8. The molecule has 0 saturated heterocycles. The highest BCUT2D eigenvalue weighted by Gasteiger charge is 2.26. The van der Waals surface area contributed by atoms with Crippen LogP contribution in [0.15, 0.2) is 23.0 Å². The first kappa shape index (κ1) is 30.7. The van der Waals surface area contributed by atoms with E-state index >= 15 is 0 Å². The number of benzene rings is 1. The van der Waals surface area contributed by atoms with Gasteiger partial charge in [-0.2, -0.15) is 0 Å². The van der Waals surface area contributed by atoms with E-state index in [1.165, 1.54) is 16.7 Å². The number of esters is 1. The molecule has 0 aliphatic rings. The van der Waals surface area contributed by atoms with Crippen molar-refractivity contribution in [1.29, 1.82) is 0 Å². The molecule has 0 saturated carbocycles. The van der Waals surface area contributed by atoms with E-state index < -0.39 is 46.6 Å². The standard InChI is InChI=1S/C26H35FN6O6S/c1-25(2,3)38-19(34)11-9-17(29-24(37)39-26(4,5)6)20(35)28-12-7-13-32-21(36)16-14-15(27)8-10-18(16)33-22(32)30-31-23(33)40/h8,10,14,17H,7,9,11-13H2,1-6H3,(H,28,35)(H,29,37)(H,31,40)/t17-/m1/s1. The molecule has 14 heteroatoms. The van der Waals surface area contributed by atoms with Gasteiger partial charge < -0.3 is 20.1 Å². The summed E-state index contributed by atoms with van der Waals surface area (Å²) in [7, 11) is 0. The van der Waals surface area contributed by atoms with Crippen LogP contribution in [0.3, 0.4) is 0 Å². The van der Waals surface area contributed by atoms with Gasteiger partial charge in [-0.3, -0.25) is 23.4 Å². The summed E-state index contributed by atoms with van der Waals surface area (Å²) in [5.74, 6) is -1.35. The van der Waals surface area contributed by atoms with E-state index in [0.29, 0.717) is 11.9 Å². The maximum absolute atomic E-state index is 13.9. The van der Waals surface area contributed by atoms with Crippen molar-refractivity contribution < 1.29 is 28.2 Å². The van der Waals surface area contributed by atoms with Crippen LogP contribution in [0, 0.1) is 10.6 Å². The average molecular weight is 579 g/mol. The SMILES string of the molecule is CC(C)(C)OC(=O)CC[C@@H](NC(=O)OC(C)(C)C)C(=O)NCCCn1c(=O)c2cc(F)ccc2n2c(=S)[nH]nc12. The van der Waals surface area contributed by atoms with Crippen LogP contribution >= 0.6 is 12.2 Å². The van der Waals surface area contributed by atoms with Gasteiger partial charge in [0.1, 0.15) is 23.1 Å². The van der Waals surface area contributed by atoms with Crippen LogP contribution < -0.4 is 16.2 Å². The molecule has 0 spiro atoms. The first-order valence-electron chi connectivity index (χ1n) is 12.8. The average Bonchev–Trinajstić information content (AvgIpc) is 3.20. The van der Waals surface area contributed by atoms with E-state index in [0.717, 1.165) is 6.07 Å². The van der Waals surface area contributed by atoms with Crippen LogP contribution in [-0.4, -0.2) is 60.9 Å². The number of rotatable bonds is 9. The largest absolute Gasteiger partial charge is 0.460 e. The number of nitrogens with zero attached hydrogens (tertiary/aromatic N) is 3. The zero-order valence-corrected chi connectivity index (χ0v) is 24.2. The first-order chi connectivity index (χ1) is 18.6. The molecule has 0 unspecified atom stereocenters. The van der Waals surface area contributed by atoms with Gasteiger partial charge >= 0.3 is 12.1 Å². The highest BCUT2D eigenvalue weighted by atomic mass is 32.1. The number of aromatic amines is 1. The number of hydrogen-bond donors (Lipinski definition) is 3. The van der Waals surface area contributed by atoms with Gasteiger partial charge in [0, 0.05) is 19.5 Å². The van der Waals surface area contributed by atoms with Crippen LogP contribution in [-0.2, 0) is 25.6 Å². The first-order valence-corrected chi connectivity index (χ1v) is 13.2. The quantitative estimate of drug-likeness (QED) is 0.199. The lowest BCUT2D eigenvalue weighted by molar-refractivity contribution is -0.155. The van der Waals surface area contributed by atoms with Crippen molar-refractivity contribution in [1.82, 2.24) is 29.8 Å². The van der Waals surface area contributed by atoms with Gasteiger partial charge in [0.25, 0.3) is 5.56 Å². The third-order valence-electron chi connectivity index (χ3n) is 5.49. The summed E-state index contributed by atoms with van der Waals surface area (Å²) in [6.45, 7) is 10.5. The number of halogens is 1. The molecule has 0 bridgehead atoms. The zero-order valence-electron chi connectivity index (χ0n) is 23.4. The second-order valence-corrected chi connectivity index (χ2v) is 11.6. The van der Waals surface area contributed by atoms with Gasteiger partial charge in [0.2, 0.25) is 16.5 Å². The Hall–Kier alpha value is -3.81. The van der Waals surface area contributed by atoms with Crippen LogP contribution in [0.1, 0.15) is 60.8 Å². The lowest BCUT2D eigenvalue weighted by Crippen LogP contribution is -2.48. The third-order valence-corrected chi connectivity index (χ3v) is 5.77. The van der Waals surface area contributed by atoms with Gasteiger partial charge in [-0.25, -0.2) is 14.3 Å². The highest BCUT2D eigenvalue weighted by molar-refractivity contribution is 7.71. The summed E-state index contributed by atoms with van der Waals surface area (Å²) in [6.07, 6.45) is -0.620. The molecule has 0 fully saturated rings. The number of ether oxygens (including phenoxy) is 2. The Morgan fingerprint density at radius 2 is 1.80 bits per heavy atom. The molecule has 12 nitrogen and oxygen atoms in total. The molecular formula is C26H35FN6O6S. The monoisotopic (exact) mass is 578 g/mol. The van der Waals surface area contributed by atoms with Crippen molar-refractivity contribution in [3.05, 3.63) is 39.1 Å². The van der Waals surface area contributed by atoms with Gasteiger partial charge in [-0.05, 0) is 84.8 Å². The summed E-state index contributed by atoms with van der Waals surface area (Å²) >= 11 is 5.29. The number of nitrogens with one attached hydrogen (secondary N) is 3. The minimum Gasteiger partial charge on any atom is -0.460 e. The van der Waals surface area contributed by atoms with Crippen molar-refractivity contribution in [3.8, 4) is 0 Å². The van der Waals surface area contributed by atoms with Crippen LogP contribution in [0.2, 0.25) is 0 Å². The Kier molecular flexibility index (Phi) is 9.33. The topological polar surface area (TPSA) is 149 Å². The molecule has 0 radical (unpaired) electrons. The lowest BCUT2D eigenvalue weighted by atomic mass is 10.1. The van der Waals surface area contributed by atoms with Gasteiger partial charge in [-0.15, -0.1) is 5.10 Å². The minimum atomic E-state index is -1.06. The van der Waals surface area contributed by atoms with Gasteiger partial charge in [0.05, 0.1) is 10.9 Å². The Morgan fingerprint density at radius 1 is 1.12 bits per heavy atom. The Bertz CT molecular complexity index is 1530.